The van der Waals surface area contributed by atoms with Crippen molar-refractivity contribution in [2.75, 3.05) is 19.4 Å². The Morgan fingerprint density at radius 3 is 2.61 bits per heavy atom. The number of imide groups is 1. The van der Waals surface area contributed by atoms with E-state index < -0.39 is 6.03 Å². The van der Waals surface area contributed by atoms with Gasteiger partial charge in [0.1, 0.15) is 5.75 Å². The molecule has 146 valence electrons. The van der Waals surface area contributed by atoms with Gasteiger partial charge in [0, 0.05) is 12.2 Å². The van der Waals surface area contributed by atoms with Gasteiger partial charge in [-0.3, -0.25) is 14.7 Å². The van der Waals surface area contributed by atoms with E-state index >= 15 is 0 Å². The number of rotatable bonds is 7. The summed E-state index contributed by atoms with van der Waals surface area (Å²) in [5, 5.41) is 5.62. The lowest BCUT2D eigenvalue weighted by Gasteiger charge is -2.10. The predicted molar refractivity (Wildman–Crippen MR) is 110 cm³/mol. The number of carbonyl (C=O) groups excluding carboxylic acids is 2. The number of fused-ring (bicyclic) bond motifs is 1. The molecule has 2 N–H and O–H groups in total. The summed E-state index contributed by atoms with van der Waals surface area (Å²) in [6.07, 6.45) is 0.808. The lowest BCUT2D eigenvalue weighted by molar-refractivity contribution is -0.117. The van der Waals surface area contributed by atoms with Gasteiger partial charge >= 0.3 is 6.03 Å². The number of carbonyl (C=O) groups is 2. The van der Waals surface area contributed by atoms with E-state index in [9.17, 15) is 9.59 Å². The largest absolute Gasteiger partial charge is 0.497 e. The van der Waals surface area contributed by atoms with E-state index in [2.05, 4.69) is 15.6 Å². The second-order valence-corrected chi connectivity index (χ2v) is 6.95. The van der Waals surface area contributed by atoms with Gasteiger partial charge < -0.3 is 10.1 Å². The molecule has 0 radical (unpaired) electrons. The quantitative estimate of drug-likeness (QED) is 0.596. The number of thioether (sulfide) groups is 1. The van der Waals surface area contributed by atoms with Crippen LogP contribution >= 0.6 is 11.8 Å². The number of imidazole rings is 1. The number of urea groups is 1. The number of hydrogen-bond donors (Lipinski definition) is 2. The zero-order chi connectivity index (χ0) is 19.9. The van der Waals surface area contributed by atoms with Gasteiger partial charge in [-0.2, -0.15) is 0 Å². The number of methoxy groups -OCH3 is 1. The fraction of sp³-hybridized carbons (Fsp3) is 0.250. The van der Waals surface area contributed by atoms with Crippen LogP contribution in [0, 0.1) is 0 Å². The van der Waals surface area contributed by atoms with Crippen molar-refractivity contribution in [1.82, 2.24) is 20.2 Å². The summed E-state index contributed by atoms with van der Waals surface area (Å²) in [6.45, 7) is 2.47. The number of nitrogens with zero attached hydrogens (tertiary/aromatic N) is 2. The molecule has 3 rings (SSSR count). The second kappa shape index (κ2) is 9.27. The van der Waals surface area contributed by atoms with Crippen molar-refractivity contribution in [2.45, 2.75) is 18.5 Å². The van der Waals surface area contributed by atoms with Crippen LogP contribution in [0.4, 0.5) is 4.79 Å². The second-order valence-electron chi connectivity index (χ2n) is 6.01. The molecule has 7 nitrogen and oxygen atoms in total. The number of amides is 3. The van der Waals surface area contributed by atoms with Crippen LogP contribution in [-0.2, 0) is 4.79 Å². The number of nitrogens with one attached hydrogen (secondary N) is 2. The van der Waals surface area contributed by atoms with Crippen molar-refractivity contribution in [3.63, 3.8) is 0 Å². The average Bonchev–Trinajstić information content (AvgIpc) is 3.09. The van der Waals surface area contributed by atoms with Gasteiger partial charge in [-0.1, -0.05) is 30.8 Å². The lowest BCUT2D eigenvalue weighted by Crippen LogP contribution is -2.40. The molecule has 0 aliphatic rings. The van der Waals surface area contributed by atoms with Crippen molar-refractivity contribution in [3.05, 3.63) is 48.5 Å². The van der Waals surface area contributed by atoms with Crippen LogP contribution in [0.3, 0.4) is 0 Å². The molecule has 0 atom stereocenters. The number of ether oxygens (including phenoxy) is 1. The fourth-order valence-electron chi connectivity index (χ4n) is 2.66. The van der Waals surface area contributed by atoms with Crippen LogP contribution in [0.1, 0.15) is 13.3 Å². The standard InChI is InChI=1S/C20H22N4O3S/c1-3-12-21-19(26)23-18(25)13-28-20-22-16-6-4-5-7-17(16)24(20)14-8-10-15(27-2)11-9-14/h4-11H,3,12-13H2,1-2H3,(H2,21,23,25,26). The molecule has 0 bridgehead atoms. The van der Waals surface area contributed by atoms with Gasteiger partial charge in [0.2, 0.25) is 5.91 Å². The van der Waals surface area contributed by atoms with Crippen LogP contribution in [0.5, 0.6) is 5.75 Å². The van der Waals surface area contributed by atoms with Crippen molar-refractivity contribution < 1.29 is 14.3 Å². The monoisotopic (exact) mass is 398 g/mol. The topological polar surface area (TPSA) is 85.3 Å². The fourth-order valence-corrected chi connectivity index (χ4v) is 3.49. The number of para-hydroxylation sites is 2. The summed E-state index contributed by atoms with van der Waals surface area (Å²) < 4.78 is 7.22. The van der Waals surface area contributed by atoms with E-state index in [1.165, 1.54) is 11.8 Å². The lowest BCUT2D eigenvalue weighted by atomic mass is 10.2. The van der Waals surface area contributed by atoms with Crippen LogP contribution in [0.25, 0.3) is 16.7 Å². The summed E-state index contributed by atoms with van der Waals surface area (Å²) in [5.74, 6) is 0.478. The van der Waals surface area contributed by atoms with E-state index in [4.69, 9.17) is 4.74 Å². The highest BCUT2D eigenvalue weighted by Gasteiger charge is 2.15. The number of aromatic nitrogens is 2. The highest BCUT2D eigenvalue weighted by atomic mass is 32.2. The Morgan fingerprint density at radius 1 is 1.14 bits per heavy atom. The highest BCUT2D eigenvalue weighted by Crippen LogP contribution is 2.28. The van der Waals surface area contributed by atoms with Crippen molar-refractivity contribution >= 4 is 34.7 Å². The Labute approximate surface area is 167 Å². The summed E-state index contributed by atoms with van der Waals surface area (Å²) in [6, 6.07) is 14.9. The molecule has 0 fully saturated rings. The zero-order valence-electron chi connectivity index (χ0n) is 15.8. The third-order valence-corrected chi connectivity index (χ3v) is 4.92. The first-order valence-electron chi connectivity index (χ1n) is 8.94. The molecule has 0 saturated heterocycles. The van der Waals surface area contributed by atoms with Crippen LogP contribution in [0.2, 0.25) is 0 Å². The van der Waals surface area contributed by atoms with Crippen molar-refractivity contribution in [3.8, 4) is 11.4 Å². The molecular formula is C20H22N4O3S. The molecule has 3 aromatic rings. The molecule has 0 saturated carbocycles. The Hall–Kier alpha value is -3.00. The van der Waals surface area contributed by atoms with E-state index in [0.717, 1.165) is 28.9 Å². The molecule has 1 heterocycles. The minimum atomic E-state index is -0.476. The van der Waals surface area contributed by atoms with E-state index in [-0.39, 0.29) is 11.7 Å². The third-order valence-electron chi connectivity index (χ3n) is 3.98. The Balaban J connectivity index is 1.80. The van der Waals surface area contributed by atoms with Gasteiger partial charge in [-0.25, -0.2) is 9.78 Å². The first-order valence-corrected chi connectivity index (χ1v) is 9.93. The molecule has 1 aromatic heterocycles. The van der Waals surface area contributed by atoms with Crippen LogP contribution in [0.15, 0.2) is 53.7 Å². The average molecular weight is 398 g/mol. The Kier molecular flexibility index (Phi) is 6.54. The molecule has 28 heavy (non-hydrogen) atoms. The summed E-state index contributed by atoms with van der Waals surface area (Å²) in [5.41, 5.74) is 2.69. The van der Waals surface area contributed by atoms with E-state index in [1.807, 2.05) is 60.0 Å². The zero-order valence-corrected chi connectivity index (χ0v) is 16.6. The molecule has 0 unspecified atom stereocenters. The van der Waals surface area contributed by atoms with Gasteiger partial charge in [0.15, 0.2) is 5.16 Å². The minimum Gasteiger partial charge on any atom is -0.497 e. The molecule has 8 heteroatoms. The van der Waals surface area contributed by atoms with Gasteiger partial charge in [0.25, 0.3) is 0 Å². The normalized spacial score (nSPS) is 10.6. The molecular weight excluding hydrogens is 376 g/mol. The van der Waals surface area contributed by atoms with Gasteiger partial charge in [0.05, 0.1) is 23.9 Å². The molecule has 0 spiro atoms. The first kappa shape index (κ1) is 19.8. The van der Waals surface area contributed by atoms with Crippen molar-refractivity contribution in [2.24, 2.45) is 0 Å². The summed E-state index contributed by atoms with van der Waals surface area (Å²) in [4.78, 5) is 28.4. The Bertz CT molecular complexity index is 969. The van der Waals surface area contributed by atoms with E-state index in [1.54, 1.807) is 7.11 Å². The Morgan fingerprint density at radius 2 is 1.89 bits per heavy atom. The number of benzene rings is 2. The maximum absolute atomic E-state index is 12.1. The molecule has 0 aliphatic carbocycles. The summed E-state index contributed by atoms with van der Waals surface area (Å²) in [7, 11) is 1.62. The smallest absolute Gasteiger partial charge is 0.321 e. The highest BCUT2D eigenvalue weighted by molar-refractivity contribution is 7.99. The minimum absolute atomic E-state index is 0.0824. The maximum Gasteiger partial charge on any atom is 0.321 e. The van der Waals surface area contributed by atoms with Gasteiger partial charge in [-0.05, 0) is 42.8 Å². The molecule has 3 amide bonds. The SMILES string of the molecule is CCCNC(=O)NC(=O)CSc1nc2ccccc2n1-c1ccc(OC)cc1. The van der Waals surface area contributed by atoms with Crippen LogP contribution in [-0.4, -0.2) is 40.9 Å². The molecule has 2 aromatic carbocycles. The van der Waals surface area contributed by atoms with Crippen LogP contribution < -0.4 is 15.4 Å². The third kappa shape index (κ3) is 4.64. The predicted octanol–water partition coefficient (Wildman–Crippen LogP) is 3.36. The van der Waals surface area contributed by atoms with Crippen molar-refractivity contribution in [1.29, 1.82) is 0 Å². The first-order chi connectivity index (χ1) is 13.6. The number of hydrogen-bond acceptors (Lipinski definition) is 5. The summed E-state index contributed by atoms with van der Waals surface area (Å²) >= 11 is 1.28. The van der Waals surface area contributed by atoms with E-state index in [0.29, 0.717) is 11.7 Å². The molecule has 0 aliphatic heterocycles. The van der Waals surface area contributed by atoms with Gasteiger partial charge in [-0.15, -0.1) is 0 Å². The maximum atomic E-state index is 12.1.